The Hall–Kier alpha value is -2.68. The molecule has 0 aromatic carbocycles. The molecule has 0 spiro atoms. The highest BCUT2D eigenvalue weighted by molar-refractivity contribution is 5.92. The van der Waals surface area contributed by atoms with Crippen LogP contribution in [0.4, 0.5) is 5.69 Å². The van der Waals surface area contributed by atoms with Gasteiger partial charge in [0.15, 0.2) is 0 Å². The molecule has 1 saturated heterocycles. The molecular weight excluding hydrogens is 338 g/mol. The van der Waals surface area contributed by atoms with Crippen molar-refractivity contribution in [1.82, 2.24) is 20.3 Å². The minimum absolute atomic E-state index is 0.0897. The van der Waals surface area contributed by atoms with Crippen LogP contribution in [0.1, 0.15) is 29.9 Å². The summed E-state index contributed by atoms with van der Waals surface area (Å²) >= 11 is 0. The largest absolute Gasteiger partial charge is 0.376 e. The Labute approximate surface area is 151 Å². The van der Waals surface area contributed by atoms with Crippen molar-refractivity contribution in [3.63, 3.8) is 0 Å². The number of aromatic nitrogens is 3. The van der Waals surface area contributed by atoms with E-state index in [1.807, 2.05) is 0 Å². The lowest BCUT2D eigenvalue weighted by Gasteiger charge is -2.10. The summed E-state index contributed by atoms with van der Waals surface area (Å²) in [6, 6.07) is 0. The van der Waals surface area contributed by atoms with Crippen LogP contribution in [-0.2, 0) is 27.3 Å². The van der Waals surface area contributed by atoms with Gasteiger partial charge in [0, 0.05) is 24.9 Å². The Balaban J connectivity index is 1.46. The number of nitrogens with zero attached hydrogens (tertiary/aromatic N) is 3. The Kier molecular flexibility index (Phi) is 5.67. The number of carbonyl (C=O) groups is 2. The van der Waals surface area contributed by atoms with Crippen LogP contribution >= 0.6 is 0 Å². The lowest BCUT2D eigenvalue weighted by atomic mass is 10.1. The fraction of sp³-hybridized carbons (Fsp3) is 0.529. The maximum Gasteiger partial charge on any atom is 0.241 e. The van der Waals surface area contributed by atoms with Crippen molar-refractivity contribution in [2.45, 2.75) is 45.8 Å². The van der Waals surface area contributed by atoms with Gasteiger partial charge in [0.2, 0.25) is 11.8 Å². The highest BCUT2D eigenvalue weighted by Gasteiger charge is 2.17. The van der Waals surface area contributed by atoms with Gasteiger partial charge in [-0.15, -0.1) is 0 Å². The standard InChI is InChI=1S/C17H23N5O4/c1-11-15(12(2)26-21-11)6-16(23)20-13-7-19-22(9-13)10-17(24)18-8-14-4-3-5-25-14/h7,9,14H,3-6,8,10H2,1-2H3,(H,18,24)(H,20,23)/t14-/m0/s1. The van der Waals surface area contributed by atoms with Gasteiger partial charge in [0.1, 0.15) is 12.3 Å². The molecule has 1 atom stereocenters. The van der Waals surface area contributed by atoms with Gasteiger partial charge >= 0.3 is 0 Å². The fourth-order valence-corrected chi connectivity index (χ4v) is 2.87. The lowest BCUT2D eigenvalue weighted by Crippen LogP contribution is -2.34. The molecule has 1 aliphatic rings. The van der Waals surface area contributed by atoms with Crippen LogP contribution in [0.5, 0.6) is 0 Å². The average Bonchev–Trinajstić information content (AvgIpc) is 3.32. The molecule has 0 bridgehead atoms. The lowest BCUT2D eigenvalue weighted by molar-refractivity contribution is -0.122. The van der Waals surface area contributed by atoms with Crippen LogP contribution in [0.2, 0.25) is 0 Å². The molecule has 0 saturated carbocycles. The molecule has 1 fully saturated rings. The fourth-order valence-electron chi connectivity index (χ4n) is 2.87. The third-order valence-corrected chi connectivity index (χ3v) is 4.29. The number of hydrogen-bond acceptors (Lipinski definition) is 6. The normalized spacial score (nSPS) is 16.6. The molecule has 9 nitrogen and oxygen atoms in total. The number of nitrogens with one attached hydrogen (secondary N) is 2. The maximum atomic E-state index is 12.2. The molecule has 0 unspecified atom stereocenters. The van der Waals surface area contributed by atoms with E-state index < -0.39 is 0 Å². The molecule has 26 heavy (non-hydrogen) atoms. The van der Waals surface area contributed by atoms with Crippen molar-refractivity contribution in [2.75, 3.05) is 18.5 Å². The SMILES string of the molecule is Cc1noc(C)c1CC(=O)Nc1cnn(CC(=O)NC[C@@H]2CCCO2)c1. The van der Waals surface area contributed by atoms with E-state index in [4.69, 9.17) is 9.26 Å². The van der Waals surface area contributed by atoms with Gasteiger partial charge in [-0.05, 0) is 26.7 Å². The molecule has 2 amide bonds. The summed E-state index contributed by atoms with van der Waals surface area (Å²) in [7, 11) is 0. The highest BCUT2D eigenvalue weighted by Crippen LogP contribution is 2.14. The topological polar surface area (TPSA) is 111 Å². The first-order valence-corrected chi connectivity index (χ1v) is 8.63. The van der Waals surface area contributed by atoms with Gasteiger partial charge in [-0.25, -0.2) is 0 Å². The highest BCUT2D eigenvalue weighted by atomic mass is 16.5. The Morgan fingerprint density at radius 1 is 1.35 bits per heavy atom. The van der Waals surface area contributed by atoms with Crippen molar-refractivity contribution in [3.05, 3.63) is 29.4 Å². The first kappa shape index (κ1) is 18.1. The Bertz CT molecular complexity index is 756. The zero-order chi connectivity index (χ0) is 18.5. The number of carbonyl (C=O) groups excluding carboxylic acids is 2. The molecule has 140 valence electrons. The zero-order valence-electron chi connectivity index (χ0n) is 14.9. The predicted octanol–water partition coefficient (Wildman–Crippen LogP) is 0.964. The number of ether oxygens (including phenoxy) is 1. The molecular formula is C17H23N5O4. The van der Waals surface area contributed by atoms with Crippen LogP contribution in [0.25, 0.3) is 0 Å². The van der Waals surface area contributed by atoms with Gasteiger partial charge in [0.05, 0.1) is 30.1 Å². The van der Waals surface area contributed by atoms with E-state index in [0.29, 0.717) is 23.7 Å². The minimum atomic E-state index is -0.193. The van der Waals surface area contributed by atoms with Crippen LogP contribution in [0.3, 0.4) is 0 Å². The number of rotatable bonds is 7. The van der Waals surface area contributed by atoms with Gasteiger partial charge in [-0.3, -0.25) is 14.3 Å². The first-order chi connectivity index (χ1) is 12.5. The van der Waals surface area contributed by atoms with Crippen LogP contribution in [0, 0.1) is 13.8 Å². The summed E-state index contributed by atoms with van der Waals surface area (Å²) in [5.74, 6) is 0.301. The van der Waals surface area contributed by atoms with E-state index in [0.717, 1.165) is 25.0 Å². The summed E-state index contributed by atoms with van der Waals surface area (Å²) in [6.07, 6.45) is 5.43. The van der Waals surface area contributed by atoms with E-state index in [1.165, 1.54) is 10.9 Å². The van der Waals surface area contributed by atoms with Gasteiger partial charge in [0.25, 0.3) is 0 Å². The van der Waals surface area contributed by atoms with E-state index in [9.17, 15) is 9.59 Å². The smallest absolute Gasteiger partial charge is 0.241 e. The average molecular weight is 361 g/mol. The van der Waals surface area contributed by atoms with Crippen LogP contribution in [-0.4, -0.2) is 46.0 Å². The number of amides is 2. The maximum absolute atomic E-state index is 12.2. The summed E-state index contributed by atoms with van der Waals surface area (Å²) in [5.41, 5.74) is 2.02. The van der Waals surface area contributed by atoms with E-state index in [2.05, 4.69) is 20.9 Å². The van der Waals surface area contributed by atoms with Crippen molar-refractivity contribution < 1.29 is 18.8 Å². The monoisotopic (exact) mass is 361 g/mol. The molecule has 3 heterocycles. The first-order valence-electron chi connectivity index (χ1n) is 8.63. The van der Waals surface area contributed by atoms with E-state index >= 15 is 0 Å². The molecule has 2 aromatic rings. The second-order valence-electron chi connectivity index (χ2n) is 6.39. The van der Waals surface area contributed by atoms with Crippen molar-refractivity contribution in [1.29, 1.82) is 0 Å². The molecule has 3 rings (SSSR count). The van der Waals surface area contributed by atoms with Crippen LogP contribution < -0.4 is 10.6 Å². The molecule has 9 heteroatoms. The molecule has 0 radical (unpaired) electrons. The molecule has 1 aliphatic heterocycles. The quantitative estimate of drug-likeness (QED) is 0.760. The number of anilines is 1. The summed E-state index contributed by atoms with van der Waals surface area (Å²) < 4.78 is 12.0. The second-order valence-corrected chi connectivity index (χ2v) is 6.39. The van der Waals surface area contributed by atoms with Gasteiger partial charge in [-0.2, -0.15) is 5.10 Å². The van der Waals surface area contributed by atoms with Gasteiger partial charge in [-0.1, -0.05) is 5.16 Å². The summed E-state index contributed by atoms with van der Waals surface area (Å²) in [4.78, 5) is 24.1. The minimum Gasteiger partial charge on any atom is -0.376 e. The van der Waals surface area contributed by atoms with E-state index in [1.54, 1.807) is 20.0 Å². The van der Waals surface area contributed by atoms with Gasteiger partial charge < -0.3 is 19.9 Å². The molecule has 2 N–H and O–H groups in total. The zero-order valence-corrected chi connectivity index (χ0v) is 14.9. The third kappa shape index (κ3) is 4.69. The second kappa shape index (κ2) is 8.13. The van der Waals surface area contributed by atoms with Crippen molar-refractivity contribution in [3.8, 4) is 0 Å². The third-order valence-electron chi connectivity index (χ3n) is 4.29. The molecule has 0 aliphatic carbocycles. The van der Waals surface area contributed by atoms with Crippen molar-refractivity contribution >= 4 is 17.5 Å². The summed E-state index contributed by atoms with van der Waals surface area (Å²) in [5, 5.41) is 13.5. The Morgan fingerprint density at radius 3 is 2.88 bits per heavy atom. The predicted molar refractivity (Wildman–Crippen MR) is 92.5 cm³/mol. The van der Waals surface area contributed by atoms with Crippen LogP contribution in [0.15, 0.2) is 16.9 Å². The van der Waals surface area contributed by atoms with Crippen molar-refractivity contribution in [2.24, 2.45) is 0 Å². The number of hydrogen-bond donors (Lipinski definition) is 2. The summed E-state index contributed by atoms with van der Waals surface area (Å²) in [6.45, 7) is 4.94. The molecule has 2 aromatic heterocycles. The van der Waals surface area contributed by atoms with E-state index in [-0.39, 0.29) is 30.9 Å². The Morgan fingerprint density at radius 2 is 2.19 bits per heavy atom. The number of aryl methyl sites for hydroxylation is 2.